The van der Waals surface area contributed by atoms with Gasteiger partial charge in [0.15, 0.2) is 0 Å². The summed E-state index contributed by atoms with van der Waals surface area (Å²) in [7, 11) is 0. The lowest BCUT2D eigenvalue weighted by Gasteiger charge is -2.19. The molecule has 1 aromatic heterocycles. The third kappa shape index (κ3) is 4.13. The molecule has 0 aliphatic heterocycles. The van der Waals surface area contributed by atoms with E-state index in [9.17, 15) is 4.39 Å². The second kappa shape index (κ2) is 7.17. The Morgan fingerprint density at radius 2 is 2.21 bits per heavy atom. The van der Waals surface area contributed by atoms with E-state index < -0.39 is 0 Å². The van der Waals surface area contributed by atoms with Crippen LogP contribution >= 0.6 is 27.3 Å². The van der Waals surface area contributed by atoms with Gasteiger partial charge in [-0.15, -0.1) is 0 Å². The molecule has 4 heteroatoms. The fraction of sp³-hybridized carbons (Fsp3) is 0.333. The normalized spacial score (nSPS) is 12.6. The molecule has 0 bridgehead atoms. The summed E-state index contributed by atoms with van der Waals surface area (Å²) in [6, 6.07) is 7.32. The van der Waals surface area contributed by atoms with Crippen LogP contribution in [0.4, 0.5) is 4.39 Å². The molecule has 0 fully saturated rings. The van der Waals surface area contributed by atoms with Crippen LogP contribution in [-0.4, -0.2) is 6.54 Å². The average molecular weight is 342 g/mol. The highest BCUT2D eigenvalue weighted by molar-refractivity contribution is 9.10. The predicted octanol–water partition coefficient (Wildman–Crippen LogP) is 4.93. The third-order valence-electron chi connectivity index (χ3n) is 3.09. The molecular formula is C15H17BrFNS. The number of thiophene rings is 1. The molecule has 2 rings (SSSR count). The maximum absolute atomic E-state index is 14.0. The summed E-state index contributed by atoms with van der Waals surface area (Å²) in [5.41, 5.74) is 2.06. The molecule has 0 spiro atoms. The fourth-order valence-electron chi connectivity index (χ4n) is 2.14. The van der Waals surface area contributed by atoms with E-state index in [1.165, 1.54) is 11.6 Å². The van der Waals surface area contributed by atoms with Crippen LogP contribution in [0.1, 0.15) is 30.5 Å². The number of rotatable bonds is 6. The summed E-state index contributed by atoms with van der Waals surface area (Å²) in [5, 5.41) is 7.61. The van der Waals surface area contributed by atoms with E-state index in [0.717, 1.165) is 29.4 Å². The van der Waals surface area contributed by atoms with Crippen molar-refractivity contribution in [3.05, 3.63) is 56.4 Å². The number of halogens is 2. The van der Waals surface area contributed by atoms with Crippen molar-refractivity contribution in [1.82, 2.24) is 5.32 Å². The van der Waals surface area contributed by atoms with Crippen LogP contribution in [0.15, 0.2) is 39.5 Å². The van der Waals surface area contributed by atoms with Crippen molar-refractivity contribution in [3.8, 4) is 0 Å². The minimum absolute atomic E-state index is 0.0578. The maximum atomic E-state index is 14.0. The minimum atomic E-state index is -0.139. The Labute approximate surface area is 126 Å². The van der Waals surface area contributed by atoms with Crippen molar-refractivity contribution in [2.45, 2.75) is 25.8 Å². The van der Waals surface area contributed by atoms with Crippen LogP contribution in [0.5, 0.6) is 0 Å². The Morgan fingerprint density at radius 1 is 1.37 bits per heavy atom. The van der Waals surface area contributed by atoms with Crippen LogP contribution in [0.25, 0.3) is 0 Å². The number of aryl methyl sites for hydroxylation is 1. The van der Waals surface area contributed by atoms with Gasteiger partial charge in [0, 0.05) is 16.1 Å². The molecule has 0 saturated heterocycles. The van der Waals surface area contributed by atoms with Crippen molar-refractivity contribution in [2.24, 2.45) is 0 Å². The van der Waals surface area contributed by atoms with Gasteiger partial charge in [-0.25, -0.2) is 4.39 Å². The van der Waals surface area contributed by atoms with E-state index in [2.05, 4.69) is 38.1 Å². The summed E-state index contributed by atoms with van der Waals surface area (Å²) in [6.45, 7) is 2.88. The molecule has 1 heterocycles. The molecule has 0 aliphatic carbocycles. The zero-order valence-electron chi connectivity index (χ0n) is 10.8. The standard InChI is InChI=1S/C15H17BrFNS/c1-2-18-15(6-3-11-7-8-19-10-11)13-9-12(16)4-5-14(13)17/h4-5,7-10,15,18H,2-3,6H2,1H3. The summed E-state index contributed by atoms with van der Waals surface area (Å²) in [6.07, 6.45) is 1.87. The molecule has 2 aromatic rings. The van der Waals surface area contributed by atoms with E-state index in [1.807, 2.05) is 13.0 Å². The fourth-order valence-corrected chi connectivity index (χ4v) is 3.22. The first kappa shape index (κ1) is 14.7. The van der Waals surface area contributed by atoms with E-state index in [1.54, 1.807) is 17.4 Å². The Bertz CT molecular complexity index is 513. The van der Waals surface area contributed by atoms with Crippen molar-refractivity contribution in [2.75, 3.05) is 6.54 Å². The summed E-state index contributed by atoms with van der Waals surface area (Å²) < 4.78 is 14.9. The monoisotopic (exact) mass is 341 g/mol. The smallest absolute Gasteiger partial charge is 0.128 e. The third-order valence-corrected chi connectivity index (χ3v) is 4.31. The molecule has 1 N–H and O–H groups in total. The Morgan fingerprint density at radius 3 is 2.89 bits per heavy atom. The highest BCUT2D eigenvalue weighted by atomic mass is 79.9. The van der Waals surface area contributed by atoms with Crippen LogP contribution in [0, 0.1) is 5.82 Å². The number of hydrogen-bond acceptors (Lipinski definition) is 2. The second-order valence-electron chi connectivity index (χ2n) is 4.45. The van der Waals surface area contributed by atoms with Crippen LogP contribution in [0.2, 0.25) is 0 Å². The van der Waals surface area contributed by atoms with Gasteiger partial charge in [-0.3, -0.25) is 0 Å². The molecule has 0 amide bonds. The second-order valence-corrected chi connectivity index (χ2v) is 6.14. The predicted molar refractivity (Wildman–Crippen MR) is 83.2 cm³/mol. The number of benzene rings is 1. The largest absolute Gasteiger partial charge is 0.310 e. The summed E-state index contributed by atoms with van der Waals surface area (Å²) in [4.78, 5) is 0. The first-order valence-electron chi connectivity index (χ1n) is 6.40. The van der Waals surface area contributed by atoms with E-state index >= 15 is 0 Å². The lowest BCUT2D eigenvalue weighted by molar-refractivity contribution is 0.485. The van der Waals surface area contributed by atoms with Gasteiger partial charge in [0.25, 0.3) is 0 Å². The van der Waals surface area contributed by atoms with Gasteiger partial charge < -0.3 is 5.32 Å². The number of hydrogen-bond donors (Lipinski definition) is 1. The highest BCUT2D eigenvalue weighted by Gasteiger charge is 2.15. The first-order valence-corrected chi connectivity index (χ1v) is 8.13. The van der Waals surface area contributed by atoms with Crippen molar-refractivity contribution < 1.29 is 4.39 Å². The Kier molecular flexibility index (Phi) is 5.55. The van der Waals surface area contributed by atoms with E-state index in [4.69, 9.17) is 0 Å². The van der Waals surface area contributed by atoms with Crippen molar-refractivity contribution in [1.29, 1.82) is 0 Å². The topological polar surface area (TPSA) is 12.0 Å². The van der Waals surface area contributed by atoms with Gasteiger partial charge in [-0.1, -0.05) is 22.9 Å². The van der Waals surface area contributed by atoms with Crippen LogP contribution in [0.3, 0.4) is 0 Å². The summed E-state index contributed by atoms with van der Waals surface area (Å²) in [5.74, 6) is -0.139. The number of nitrogens with one attached hydrogen (secondary N) is 1. The quantitative estimate of drug-likeness (QED) is 0.785. The molecule has 1 aromatic carbocycles. The molecule has 1 nitrogen and oxygen atoms in total. The van der Waals surface area contributed by atoms with Gasteiger partial charge in [0.1, 0.15) is 5.82 Å². The van der Waals surface area contributed by atoms with E-state index in [-0.39, 0.29) is 11.9 Å². The van der Waals surface area contributed by atoms with Gasteiger partial charge in [-0.2, -0.15) is 11.3 Å². The van der Waals surface area contributed by atoms with E-state index in [0.29, 0.717) is 0 Å². The molecule has 0 aliphatic rings. The molecule has 0 radical (unpaired) electrons. The lowest BCUT2D eigenvalue weighted by Crippen LogP contribution is -2.22. The SMILES string of the molecule is CCNC(CCc1ccsc1)c1cc(Br)ccc1F. The van der Waals surface area contributed by atoms with Crippen LogP contribution in [-0.2, 0) is 6.42 Å². The van der Waals surface area contributed by atoms with Crippen LogP contribution < -0.4 is 5.32 Å². The van der Waals surface area contributed by atoms with Crippen molar-refractivity contribution in [3.63, 3.8) is 0 Å². The van der Waals surface area contributed by atoms with Gasteiger partial charge in [-0.05, 0) is 60.0 Å². The zero-order valence-corrected chi connectivity index (χ0v) is 13.2. The molecule has 1 atom stereocenters. The molecular weight excluding hydrogens is 325 g/mol. The molecule has 1 unspecified atom stereocenters. The maximum Gasteiger partial charge on any atom is 0.128 e. The lowest BCUT2D eigenvalue weighted by atomic mass is 9.99. The minimum Gasteiger partial charge on any atom is -0.310 e. The molecule has 0 saturated carbocycles. The highest BCUT2D eigenvalue weighted by Crippen LogP contribution is 2.25. The Hall–Kier alpha value is -0.710. The first-order chi connectivity index (χ1) is 9.20. The van der Waals surface area contributed by atoms with Gasteiger partial charge in [0.05, 0.1) is 0 Å². The Balaban J connectivity index is 2.12. The zero-order chi connectivity index (χ0) is 13.7. The molecule has 19 heavy (non-hydrogen) atoms. The van der Waals surface area contributed by atoms with Gasteiger partial charge in [0.2, 0.25) is 0 Å². The van der Waals surface area contributed by atoms with Gasteiger partial charge >= 0.3 is 0 Å². The summed E-state index contributed by atoms with van der Waals surface area (Å²) >= 11 is 5.12. The molecule has 102 valence electrons. The average Bonchev–Trinajstić information content (AvgIpc) is 2.91. The van der Waals surface area contributed by atoms with Crippen molar-refractivity contribution >= 4 is 27.3 Å².